The lowest BCUT2D eigenvalue weighted by atomic mass is 10.1. The van der Waals surface area contributed by atoms with Crippen LogP contribution in [0, 0.1) is 5.41 Å². The van der Waals surface area contributed by atoms with E-state index in [4.69, 9.17) is 43.8 Å². The highest BCUT2D eigenvalue weighted by molar-refractivity contribution is 6.35. The Kier molecular flexibility index (Phi) is 5.34. The topological polar surface area (TPSA) is 81.2 Å². The first-order chi connectivity index (χ1) is 10.8. The van der Waals surface area contributed by atoms with Crippen molar-refractivity contribution in [3.05, 3.63) is 45.7 Å². The third kappa shape index (κ3) is 3.68. The van der Waals surface area contributed by atoms with Gasteiger partial charge in [0.05, 0.1) is 17.2 Å². The number of halogens is 2. The molecular formula is C16H17Cl2N3O2. The van der Waals surface area contributed by atoms with Crippen LogP contribution in [0.15, 0.2) is 24.5 Å². The minimum Gasteiger partial charge on any atom is -0.493 e. The highest BCUT2D eigenvalue weighted by Crippen LogP contribution is 2.38. The zero-order chi connectivity index (χ0) is 17.1. The Balaban J connectivity index is 2.42. The minimum absolute atomic E-state index is 0.336. The predicted octanol–water partition coefficient (Wildman–Crippen LogP) is 4.51. The number of ether oxygens (including phenoxy) is 2. The standard InChI is InChI=1S/C16H17Cl2N3O2/c1-8(19)10-4-15(14(22-3)5-13(10)20)23-9(2)16-11(17)6-21-7-12(16)18/h4-7,9,19H,20H2,1-3H3/t9-/m1/s1. The molecule has 23 heavy (non-hydrogen) atoms. The van der Waals surface area contributed by atoms with Crippen molar-refractivity contribution in [2.24, 2.45) is 0 Å². The fourth-order valence-corrected chi connectivity index (χ4v) is 2.88. The van der Waals surface area contributed by atoms with Gasteiger partial charge in [-0.25, -0.2) is 0 Å². The van der Waals surface area contributed by atoms with Crippen molar-refractivity contribution < 1.29 is 9.47 Å². The van der Waals surface area contributed by atoms with Crippen LogP contribution in [-0.2, 0) is 0 Å². The number of pyridine rings is 1. The molecule has 2 rings (SSSR count). The predicted molar refractivity (Wildman–Crippen MR) is 93.2 cm³/mol. The molecule has 3 N–H and O–H groups in total. The first-order valence-corrected chi connectivity index (χ1v) is 7.59. The number of nitrogen functional groups attached to an aromatic ring is 1. The van der Waals surface area contributed by atoms with E-state index >= 15 is 0 Å². The second-order valence-corrected chi connectivity index (χ2v) is 5.81. The molecule has 0 radical (unpaired) electrons. The fourth-order valence-electron chi connectivity index (χ4n) is 2.21. The number of rotatable bonds is 5. The molecule has 0 amide bonds. The van der Waals surface area contributed by atoms with Crippen molar-refractivity contribution in [1.29, 1.82) is 5.41 Å². The highest BCUT2D eigenvalue weighted by Gasteiger charge is 2.19. The Bertz CT molecular complexity index is 730. The van der Waals surface area contributed by atoms with Gasteiger partial charge in [0.15, 0.2) is 11.5 Å². The number of nitrogens with zero attached hydrogens (tertiary/aromatic N) is 1. The van der Waals surface area contributed by atoms with Gasteiger partial charge in [-0.3, -0.25) is 4.98 Å². The summed E-state index contributed by atoms with van der Waals surface area (Å²) >= 11 is 12.3. The first kappa shape index (κ1) is 17.4. The van der Waals surface area contributed by atoms with Crippen LogP contribution in [0.25, 0.3) is 0 Å². The molecule has 0 saturated carbocycles. The lowest BCUT2D eigenvalue weighted by Crippen LogP contribution is -2.08. The van der Waals surface area contributed by atoms with Gasteiger partial charge in [0.2, 0.25) is 0 Å². The summed E-state index contributed by atoms with van der Waals surface area (Å²) in [6.07, 6.45) is 2.58. The van der Waals surface area contributed by atoms with Gasteiger partial charge >= 0.3 is 0 Å². The van der Waals surface area contributed by atoms with E-state index in [1.807, 2.05) is 6.92 Å². The van der Waals surface area contributed by atoms with Crippen LogP contribution >= 0.6 is 23.2 Å². The number of hydrogen-bond donors (Lipinski definition) is 2. The van der Waals surface area contributed by atoms with Crippen molar-refractivity contribution in [2.75, 3.05) is 12.8 Å². The maximum absolute atomic E-state index is 7.79. The number of nitrogens with one attached hydrogen (secondary N) is 1. The minimum atomic E-state index is -0.436. The summed E-state index contributed by atoms with van der Waals surface area (Å²) in [7, 11) is 1.52. The van der Waals surface area contributed by atoms with E-state index in [-0.39, 0.29) is 0 Å². The third-order valence-electron chi connectivity index (χ3n) is 3.34. The summed E-state index contributed by atoms with van der Waals surface area (Å²) in [4.78, 5) is 3.93. The number of hydrogen-bond acceptors (Lipinski definition) is 5. The van der Waals surface area contributed by atoms with Crippen LogP contribution in [0.3, 0.4) is 0 Å². The summed E-state index contributed by atoms with van der Waals surface area (Å²) in [5.74, 6) is 0.931. The van der Waals surface area contributed by atoms with Crippen LogP contribution < -0.4 is 15.2 Å². The fraction of sp³-hybridized carbons (Fsp3) is 0.250. The van der Waals surface area contributed by atoms with Crippen molar-refractivity contribution in [2.45, 2.75) is 20.0 Å². The maximum Gasteiger partial charge on any atom is 0.162 e. The molecule has 7 heteroatoms. The Hall–Kier alpha value is -1.98. The number of benzene rings is 1. The number of nitrogens with two attached hydrogens (primary N) is 1. The molecule has 0 spiro atoms. The zero-order valence-electron chi connectivity index (χ0n) is 13.0. The summed E-state index contributed by atoms with van der Waals surface area (Å²) in [6.45, 7) is 3.47. The van der Waals surface area contributed by atoms with E-state index in [2.05, 4.69) is 4.98 Å². The van der Waals surface area contributed by atoms with E-state index in [1.54, 1.807) is 19.1 Å². The molecular weight excluding hydrogens is 337 g/mol. The first-order valence-electron chi connectivity index (χ1n) is 6.83. The highest BCUT2D eigenvalue weighted by atomic mass is 35.5. The summed E-state index contributed by atoms with van der Waals surface area (Å²) in [5, 5.41) is 8.63. The Morgan fingerprint density at radius 1 is 1.22 bits per heavy atom. The van der Waals surface area contributed by atoms with Gasteiger partial charge in [-0.1, -0.05) is 23.2 Å². The second kappa shape index (κ2) is 7.06. The molecule has 122 valence electrons. The van der Waals surface area contributed by atoms with Crippen molar-refractivity contribution in [1.82, 2.24) is 4.98 Å². The monoisotopic (exact) mass is 353 g/mol. The van der Waals surface area contributed by atoms with E-state index in [0.29, 0.717) is 44.1 Å². The summed E-state index contributed by atoms with van der Waals surface area (Å²) in [6, 6.07) is 3.31. The molecule has 1 aromatic heterocycles. The molecule has 0 saturated heterocycles. The van der Waals surface area contributed by atoms with Gasteiger partial charge in [-0.2, -0.15) is 0 Å². The smallest absolute Gasteiger partial charge is 0.162 e. The Labute approximate surface area is 144 Å². The Morgan fingerprint density at radius 3 is 2.35 bits per heavy atom. The van der Waals surface area contributed by atoms with E-state index in [0.717, 1.165) is 0 Å². The lowest BCUT2D eigenvalue weighted by molar-refractivity contribution is 0.216. The van der Waals surface area contributed by atoms with E-state index in [9.17, 15) is 0 Å². The van der Waals surface area contributed by atoms with E-state index in [1.165, 1.54) is 19.5 Å². The number of methoxy groups -OCH3 is 1. The van der Waals surface area contributed by atoms with E-state index < -0.39 is 6.10 Å². The number of anilines is 1. The number of aromatic nitrogens is 1. The van der Waals surface area contributed by atoms with Crippen LogP contribution in [0.4, 0.5) is 5.69 Å². The average Bonchev–Trinajstić information content (AvgIpc) is 2.48. The van der Waals surface area contributed by atoms with Crippen LogP contribution in [0.5, 0.6) is 11.5 Å². The van der Waals surface area contributed by atoms with Gasteiger partial charge in [-0.15, -0.1) is 0 Å². The summed E-state index contributed by atoms with van der Waals surface area (Å²) in [5.41, 5.74) is 7.94. The van der Waals surface area contributed by atoms with Crippen LogP contribution in [0.2, 0.25) is 10.0 Å². The van der Waals surface area contributed by atoms with Gasteiger partial charge in [-0.05, 0) is 19.9 Å². The average molecular weight is 354 g/mol. The van der Waals surface area contributed by atoms with Gasteiger partial charge in [0.1, 0.15) is 6.10 Å². The Morgan fingerprint density at radius 2 is 1.83 bits per heavy atom. The van der Waals surface area contributed by atoms with Crippen molar-refractivity contribution >= 4 is 34.6 Å². The molecule has 0 aliphatic carbocycles. The molecule has 5 nitrogen and oxygen atoms in total. The zero-order valence-corrected chi connectivity index (χ0v) is 14.5. The molecule has 0 bridgehead atoms. The van der Waals surface area contributed by atoms with Crippen molar-refractivity contribution in [3.63, 3.8) is 0 Å². The largest absolute Gasteiger partial charge is 0.493 e. The molecule has 0 aliphatic rings. The molecule has 0 unspecified atom stereocenters. The second-order valence-electron chi connectivity index (χ2n) is 4.99. The van der Waals surface area contributed by atoms with Crippen LogP contribution in [-0.4, -0.2) is 17.8 Å². The van der Waals surface area contributed by atoms with Gasteiger partial charge < -0.3 is 20.6 Å². The molecule has 1 atom stereocenters. The quantitative estimate of drug-likeness (QED) is 0.612. The van der Waals surface area contributed by atoms with Crippen molar-refractivity contribution in [3.8, 4) is 11.5 Å². The van der Waals surface area contributed by atoms with Gasteiger partial charge in [0, 0.05) is 41.0 Å². The molecule has 1 aromatic carbocycles. The SMILES string of the molecule is COc1cc(N)c(C(C)=N)cc1O[C@H](C)c1c(Cl)cncc1Cl. The third-order valence-corrected chi connectivity index (χ3v) is 3.94. The van der Waals surface area contributed by atoms with Gasteiger partial charge in [0.25, 0.3) is 0 Å². The lowest BCUT2D eigenvalue weighted by Gasteiger charge is -2.20. The maximum atomic E-state index is 7.79. The molecule has 1 heterocycles. The summed E-state index contributed by atoms with van der Waals surface area (Å²) < 4.78 is 11.3. The molecule has 0 fully saturated rings. The molecule has 0 aliphatic heterocycles. The normalized spacial score (nSPS) is 11.9. The van der Waals surface area contributed by atoms with Crippen LogP contribution in [0.1, 0.15) is 31.1 Å². The molecule has 2 aromatic rings.